The van der Waals surface area contributed by atoms with Crippen molar-refractivity contribution in [2.24, 2.45) is 0 Å². The summed E-state index contributed by atoms with van der Waals surface area (Å²) >= 11 is 6.91. The molecule has 8 heteroatoms. The molecule has 0 aliphatic rings. The highest BCUT2D eigenvalue weighted by Gasteiger charge is 2.13. The molecular weight excluding hydrogens is 564 g/mol. The molecule has 0 radical (unpaired) electrons. The van der Waals surface area contributed by atoms with Gasteiger partial charge < -0.3 is 20.1 Å². The van der Waals surface area contributed by atoms with Gasteiger partial charge >= 0.3 is 0 Å². The maximum absolute atomic E-state index is 12.5. The highest BCUT2D eigenvalue weighted by atomic mass is 79.9. The Morgan fingerprint density at radius 1 is 0.676 bits per heavy atom. The summed E-state index contributed by atoms with van der Waals surface area (Å²) in [6.45, 7) is 7.39. The van der Waals surface area contributed by atoms with Gasteiger partial charge in [-0.2, -0.15) is 0 Å². The first kappa shape index (κ1) is 25.8. The molecule has 0 unspecified atom stereocenters. The van der Waals surface area contributed by atoms with Gasteiger partial charge in [-0.3, -0.25) is 9.59 Å². The van der Waals surface area contributed by atoms with Crippen molar-refractivity contribution in [1.82, 2.24) is 0 Å². The zero-order valence-electron chi connectivity index (χ0n) is 19.4. The number of para-hydroxylation sites is 2. The third-order valence-corrected chi connectivity index (χ3v) is 5.94. The van der Waals surface area contributed by atoms with Crippen LogP contribution >= 0.6 is 31.9 Å². The molecule has 0 aromatic heterocycles. The first-order chi connectivity index (χ1) is 16.1. The predicted molar refractivity (Wildman–Crippen MR) is 142 cm³/mol. The summed E-state index contributed by atoms with van der Waals surface area (Å²) in [6.07, 6.45) is 0. The fraction of sp³-hybridized carbons (Fsp3) is 0.231. The van der Waals surface area contributed by atoms with Crippen molar-refractivity contribution < 1.29 is 19.1 Å². The summed E-state index contributed by atoms with van der Waals surface area (Å²) in [5.74, 6) is 0.688. The van der Waals surface area contributed by atoms with Crippen LogP contribution in [-0.4, -0.2) is 25.0 Å². The van der Waals surface area contributed by atoms with Gasteiger partial charge in [-0.25, -0.2) is 0 Å². The van der Waals surface area contributed by atoms with Gasteiger partial charge in [0.15, 0.2) is 13.2 Å². The lowest BCUT2D eigenvalue weighted by Gasteiger charge is -2.15. The number of nitrogens with one attached hydrogen (secondary N) is 2. The largest absolute Gasteiger partial charge is 0.483 e. The third-order valence-electron chi connectivity index (χ3n) is 5.02. The molecule has 0 heterocycles. The first-order valence-electron chi connectivity index (χ1n) is 10.6. The maximum Gasteiger partial charge on any atom is 0.262 e. The number of halogens is 2. The zero-order chi connectivity index (χ0) is 24.8. The van der Waals surface area contributed by atoms with Crippen LogP contribution in [-0.2, 0) is 9.59 Å². The van der Waals surface area contributed by atoms with Crippen molar-refractivity contribution in [2.45, 2.75) is 27.7 Å². The summed E-state index contributed by atoms with van der Waals surface area (Å²) in [4.78, 5) is 25.1. The van der Waals surface area contributed by atoms with Gasteiger partial charge in [0, 0.05) is 8.95 Å². The van der Waals surface area contributed by atoms with Gasteiger partial charge in [-0.05, 0) is 86.3 Å². The fourth-order valence-corrected chi connectivity index (χ4v) is 4.97. The Balaban J connectivity index is 1.60. The van der Waals surface area contributed by atoms with Crippen LogP contribution in [0.4, 0.5) is 11.4 Å². The van der Waals surface area contributed by atoms with Crippen molar-refractivity contribution in [1.29, 1.82) is 0 Å². The van der Waals surface area contributed by atoms with Gasteiger partial charge in [-0.15, -0.1) is 0 Å². The Hall–Kier alpha value is -2.84. The topological polar surface area (TPSA) is 76.7 Å². The molecule has 0 saturated heterocycles. The zero-order valence-corrected chi connectivity index (χ0v) is 22.6. The molecule has 34 heavy (non-hydrogen) atoms. The van der Waals surface area contributed by atoms with E-state index in [0.717, 1.165) is 31.2 Å². The standard InChI is InChI=1S/C26H26Br2N2O4/c1-15-9-19(27)10-16(2)25(15)33-13-23(31)29-21-7-5-6-8-22(21)30-24(32)14-34-26-17(3)11-20(28)12-18(26)4/h5-12H,13-14H2,1-4H3,(H,29,31)(H,30,32). The SMILES string of the molecule is Cc1cc(Br)cc(C)c1OCC(=O)Nc1ccccc1NC(=O)COc1c(C)cc(Br)cc1C. The number of carbonyl (C=O) groups excluding carboxylic acids is 2. The van der Waals surface area contributed by atoms with Gasteiger partial charge in [0.25, 0.3) is 11.8 Å². The smallest absolute Gasteiger partial charge is 0.262 e. The predicted octanol–water partition coefficient (Wildman–Crippen LogP) is 6.48. The van der Waals surface area contributed by atoms with Crippen molar-refractivity contribution >= 4 is 55.0 Å². The van der Waals surface area contributed by atoms with Crippen LogP contribution in [0.1, 0.15) is 22.3 Å². The van der Waals surface area contributed by atoms with Crippen LogP contribution in [0.25, 0.3) is 0 Å². The molecule has 0 saturated carbocycles. The van der Waals surface area contributed by atoms with E-state index in [2.05, 4.69) is 42.5 Å². The number of ether oxygens (including phenoxy) is 2. The van der Waals surface area contributed by atoms with Crippen LogP contribution in [0.5, 0.6) is 11.5 Å². The van der Waals surface area contributed by atoms with Crippen LogP contribution < -0.4 is 20.1 Å². The average molecular weight is 590 g/mol. The number of amides is 2. The van der Waals surface area contributed by atoms with Gasteiger partial charge in [0.05, 0.1) is 11.4 Å². The molecule has 2 N–H and O–H groups in total. The van der Waals surface area contributed by atoms with Crippen molar-refractivity contribution in [2.75, 3.05) is 23.8 Å². The average Bonchev–Trinajstić information content (AvgIpc) is 2.73. The molecule has 0 spiro atoms. The monoisotopic (exact) mass is 588 g/mol. The fourth-order valence-electron chi connectivity index (χ4n) is 3.60. The van der Waals surface area contributed by atoms with E-state index in [1.165, 1.54) is 0 Å². The molecule has 6 nitrogen and oxygen atoms in total. The van der Waals surface area contributed by atoms with Gasteiger partial charge in [-0.1, -0.05) is 44.0 Å². The molecule has 0 aliphatic carbocycles. The van der Waals surface area contributed by atoms with E-state index in [9.17, 15) is 9.59 Å². The van der Waals surface area contributed by atoms with Gasteiger partial charge in [0.2, 0.25) is 0 Å². The van der Waals surface area contributed by atoms with Crippen molar-refractivity contribution in [3.8, 4) is 11.5 Å². The van der Waals surface area contributed by atoms with Crippen molar-refractivity contribution in [3.63, 3.8) is 0 Å². The Labute approximate surface area is 216 Å². The normalized spacial score (nSPS) is 10.5. The lowest BCUT2D eigenvalue weighted by molar-refractivity contribution is -0.119. The second-order valence-electron chi connectivity index (χ2n) is 7.96. The number of benzene rings is 3. The molecule has 0 aliphatic heterocycles. The quantitative estimate of drug-likeness (QED) is 0.315. The van der Waals surface area contributed by atoms with Crippen LogP contribution in [0.3, 0.4) is 0 Å². The first-order valence-corrected chi connectivity index (χ1v) is 12.2. The number of rotatable bonds is 8. The second-order valence-corrected chi connectivity index (χ2v) is 9.79. The van der Waals surface area contributed by atoms with Crippen LogP contribution in [0, 0.1) is 27.7 Å². The molecule has 0 fully saturated rings. The Bertz CT molecular complexity index is 1090. The highest BCUT2D eigenvalue weighted by Crippen LogP contribution is 2.29. The van der Waals surface area contributed by atoms with E-state index in [1.807, 2.05) is 52.0 Å². The minimum Gasteiger partial charge on any atom is -0.483 e. The minimum absolute atomic E-state index is 0.156. The number of aryl methyl sites for hydroxylation is 4. The second kappa shape index (κ2) is 11.5. The summed E-state index contributed by atoms with van der Waals surface area (Å²) in [6, 6.07) is 14.7. The van der Waals surface area contributed by atoms with E-state index in [4.69, 9.17) is 9.47 Å². The number of carbonyl (C=O) groups is 2. The molecule has 0 bridgehead atoms. The van der Waals surface area contributed by atoms with E-state index in [0.29, 0.717) is 22.9 Å². The van der Waals surface area contributed by atoms with Crippen molar-refractivity contribution in [3.05, 3.63) is 79.7 Å². The molecule has 3 rings (SSSR count). The summed E-state index contributed by atoms with van der Waals surface area (Å²) in [5, 5.41) is 5.60. The molecule has 178 valence electrons. The molecule has 3 aromatic rings. The van der Waals surface area contributed by atoms with Crippen LogP contribution in [0.15, 0.2) is 57.5 Å². The number of hydrogen-bond acceptors (Lipinski definition) is 4. The molecule has 0 atom stereocenters. The van der Waals surface area contributed by atoms with E-state index >= 15 is 0 Å². The van der Waals surface area contributed by atoms with Gasteiger partial charge in [0.1, 0.15) is 11.5 Å². The Morgan fingerprint density at radius 3 is 1.32 bits per heavy atom. The number of hydrogen-bond donors (Lipinski definition) is 2. The van der Waals surface area contributed by atoms with E-state index in [-0.39, 0.29) is 25.0 Å². The Morgan fingerprint density at radius 2 is 1.00 bits per heavy atom. The molecule has 2 amide bonds. The highest BCUT2D eigenvalue weighted by molar-refractivity contribution is 9.10. The lowest BCUT2D eigenvalue weighted by atomic mass is 10.1. The van der Waals surface area contributed by atoms with E-state index < -0.39 is 0 Å². The van der Waals surface area contributed by atoms with E-state index in [1.54, 1.807) is 24.3 Å². The number of anilines is 2. The van der Waals surface area contributed by atoms with Crippen LogP contribution in [0.2, 0.25) is 0 Å². The summed E-state index contributed by atoms with van der Waals surface area (Å²) in [5.41, 5.74) is 4.69. The lowest BCUT2D eigenvalue weighted by Crippen LogP contribution is -2.24. The Kier molecular flexibility index (Phi) is 8.74. The summed E-state index contributed by atoms with van der Waals surface area (Å²) < 4.78 is 13.4. The molecule has 3 aromatic carbocycles. The minimum atomic E-state index is -0.333. The maximum atomic E-state index is 12.5. The third kappa shape index (κ3) is 6.84. The summed E-state index contributed by atoms with van der Waals surface area (Å²) in [7, 11) is 0. The molecular formula is C26H26Br2N2O4.